The SMILES string of the molecule is Fc1ccc(Cn2c(SCCSc3nc4ccccc4n3Cc3ccc(F)cc3)nc3ccccc32)cc1. The highest BCUT2D eigenvalue weighted by atomic mass is 32.2. The van der Waals surface area contributed by atoms with Crippen molar-refractivity contribution >= 4 is 45.6 Å². The van der Waals surface area contributed by atoms with E-state index in [0.29, 0.717) is 13.1 Å². The first-order valence-corrected chi connectivity index (χ1v) is 14.3. The summed E-state index contributed by atoms with van der Waals surface area (Å²) in [5.74, 6) is 1.22. The average molecular weight is 543 g/mol. The van der Waals surface area contributed by atoms with Crippen molar-refractivity contribution in [2.24, 2.45) is 0 Å². The normalized spacial score (nSPS) is 11.5. The van der Waals surface area contributed by atoms with E-state index in [1.807, 2.05) is 60.7 Å². The maximum Gasteiger partial charge on any atom is 0.169 e. The summed E-state index contributed by atoms with van der Waals surface area (Å²) in [7, 11) is 0. The highest BCUT2D eigenvalue weighted by Crippen LogP contribution is 2.29. The molecule has 0 atom stereocenters. The van der Waals surface area contributed by atoms with Gasteiger partial charge in [-0.15, -0.1) is 0 Å². The number of aromatic nitrogens is 4. The molecular weight excluding hydrogens is 518 g/mol. The quantitative estimate of drug-likeness (QED) is 0.139. The molecule has 38 heavy (non-hydrogen) atoms. The van der Waals surface area contributed by atoms with Gasteiger partial charge in [0, 0.05) is 11.5 Å². The minimum atomic E-state index is -0.235. The maximum absolute atomic E-state index is 13.4. The molecule has 4 nitrogen and oxygen atoms in total. The molecule has 6 aromatic rings. The predicted octanol–water partition coefficient (Wildman–Crippen LogP) is 7.65. The Morgan fingerprint density at radius 1 is 0.526 bits per heavy atom. The van der Waals surface area contributed by atoms with Gasteiger partial charge < -0.3 is 9.13 Å². The van der Waals surface area contributed by atoms with Crippen LogP contribution >= 0.6 is 23.5 Å². The number of hydrogen-bond donors (Lipinski definition) is 0. The largest absolute Gasteiger partial charge is 0.314 e. The van der Waals surface area contributed by atoms with Gasteiger partial charge in [-0.3, -0.25) is 0 Å². The Morgan fingerprint density at radius 3 is 1.34 bits per heavy atom. The van der Waals surface area contributed by atoms with E-state index in [-0.39, 0.29) is 11.6 Å². The fraction of sp³-hybridized carbons (Fsp3) is 0.133. The van der Waals surface area contributed by atoms with Crippen molar-refractivity contribution in [2.75, 3.05) is 11.5 Å². The van der Waals surface area contributed by atoms with Crippen LogP contribution in [0.25, 0.3) is 22.1 Å². The van der Waals surface area contributed by atoms with Crippen molar-refractivity contribution in [2.45, 2.75) is 23.4 Å². The molecule has 0 N–H and O–H groups in total. The van der Waals surface area contributed by atoms with Crippen LogP contribution in [0.1, 0.15) is 11.1 Å². The number of halogens is 2. The Morgan fingerprint density at radius 2 is 0.921 bits per heavy atom. The van der Waals surface area contributed by atoms with Crippen LogP contribution < -0.4 is 0 Å². The maximum atomic E-state index is 13.4. The Balaban J connectivity index is 1.19. The van der Waals surface area contributed by atoms with Crippen LogP contribution in [0.15, 0.2) is 107 Å². The lowest BCUT2D eigenvalue weighted by Gasteiger charge is -2.10. The molecule has 4 aromatic carbocycles. The van der Waals surface area contributed by atoms with Gasteiger partial charge in [0.15, 0.2) is 10.3 Å². The molecule has 190 valence electrons. The fourth-order valence-corrected chi connectivity index (χ4v) is 6.44. The van der Waals surface area contributed by atoms with Crippen LogP contribution in [0.5, 0.6) is 0 Å². The average Bonchev–Trinajstić information content (AvgIpc) is 3.47. The van der Waals surface area contributed by atoms with Gasteiger partial charge in [-0.2, -0.15) is 0 Å². The lowest BCUT2D eigenvalue weighted by atomic mass is 10.2. The van der Waals surface area contributed by atoms with Gasteiger partial charge in [0.25, 0.3) is 0 Å². The highest BCUT2D eigenvalue weighted by Gasteiger charge is 2.14. The molecule has 0 aliphatic heterocycles. The third kappa shape index (κ3) is 5.33. The minimum Gasteiger partial charge on any atom is -0.314 e. The number of hydrogen-bond acceptors (Lipinski definition) is 4. The number of rotatable bonds is 9. The summed E-state index contributed by atoms with van der Waals surface area (Å²) in [5, 5.41) is 1.88. The number of thioether (sulfide) groups is 2. The van der Waals surface area contributed by atoms with E-state index < -0.39 is 0 Å². The summed E-state index contributed by atoms with van der Waals surface area (Å²) in [6.45, 7) is 1.26. The summed E-state index contributed by atoms with van der Waals surface area (Å²) in [4.78, 5) is 9.75. The zero-order valence-corrected chi connectivity index (χ0v) is 22.1. The van der Waals surface area contributed by atoms with Gasteiger partial charge in [0.2, 0.25) is 0 Å². The number of fused-ring (bicyclic) bond motifs is 2. The minimum absolute atomic E-state index is 0.235. The number of nitrogens with zero attached hydrogens (tertiary/aromatic N) is 4. The van der Waals surface area contributed by atoms with E-state index in [9.17, 15) is 8.78 Å². The van der Waals surface area contributed by atoms with Gasteiger partial charge in [0.1, 0.15) is 11.6 Å². The first-order valence-electron chi connectivity index (χ1n) is 12.3. The third-order valence-corrected chi connectivity index (χ3v) is 8.51. The molecule has 0 aliphatic carbocycles. The van der Waals surface area contributed by atoms with E-state index in [1.54, 1.807) is 23.5 Å². The smallest absolute Gasteiger partial charge is 0.169 e. The molecule has 0 bridgehead atoms. The van der Waals surface area contributed by atoms with E-state index in [0.717, 1.165) is 55.0 Å². The molecule has 2 aromatic heterocycles. The molecule has 0 unspecified atom stereocenters. The van der Waals surface area contributed by atoms with Crippen LogP contribution in [0.3, 0.4) is 0 Å². The third-order valence-electron chi connectivity index (χ3n) is 6.29. The predicted molar refractivity (Wildman–Crippen MR) is 152 cm³/mol. The molecule has 8 heteroatoms. The second-order valence-corrected chi connectivity index (χ2v) is 11.0. The molecule has 0 spiro atoms. The van der Waals surface area contributed by atoms with Gasteiger partial charge in [0.05, 0.1) is 35.2 Å². The van der Waals surface area contributed by atoms with Crippen molar-refractivity contribution in [1.82, 2.24) is 19.1 Å². The molecule has 0 fully saturated rings. The standard InChI is InChI=1S/C30H24F2N4S2/c31-23-13-9-21(10-14-23)19-35-27-7-3-1-5-25(27)33-29(35)37-17-18-38-30-34-26-6-2-4-8-28(26)36(30)20-22-11-15-24(32)16-12-22/h1-16H,17-20H2. The van der Waals surface area contributed by atoms with Gasteiger partial charge in [-0.05, 0) is 59.7 Å². The summed E-state index contributed by atoms with van der Waals surface area (Å²) in [6.07, 6.45) is 0. The van der Waals surface area contributed by atoms with Crippen LogP contribution in [0, 0.1) is 11.6 Å². The first kappa shape index (κ1) is 24.7. The molecule has 0 amide bonds. The van der Waals surface area contributed by atoms with Crippen molar-refractivity contribution in [3.05, 3.63) is 120 Å². The van der Waals surface area contributed by atoms with Gasteiger partial charge in [-0.25, -0.2) is 18.7 Å². The summed E-state index contributed by atoms with van der Waals surface area (Å²) in [6, 6.07) is 29.5. The molecule has 0 saturated carbocycles. The Labute approximate surface area is 227 Å². The molecule has 0 aliphatic rings. The number of benzene rings is 4. The zero-order chi connectivity index (χ0) is 25.9. The van der Waals surface area contributed by atoms with Crippen molar-refractivity contribution in [3.8, 4) is 0 Å². The van der Waals surface area contributed by atoms with Crippen molar-refractivity contribution in [1.29, 1.82) is 0 Å². The van der Waals surface area contributed by atoms with Crippen molar-refractivity contribution in [3.63, 3.8) is 0 Å². The lowest BCUT2D eigenvalue weighted by molar-refractivity contribution is 0.625. The van der Waals surface area contributed by atoms with Crippen LogP contribution in [0.2, 0.25) is 0 Å². The molecule has 2 heterocycles. The first-order chi connectivity index (χ1) is 18.6. The highest BCUT2D eigenvalue weighted by molar-refractivity contribution is 8.02. The second-order valence-electron chi connectivity index (χ2n) is 8.89. The fourth-order valence-electron chi connectivity index (χ4n) is 4.44. The molecule has 0 saturated heterocycles. The van der Waals surface area contributed by atoms with Crippen LogP contribution in [0.4, 0.5) is 8.78 Å². The van der Waals surface area contributed by atoms with E-state index >= 15 is 0 Å². The lowest BCUT2D eigenvalue weighted by Crippen LogP contribution is -2.03. The monoisotopic (exact) mass is 542 g/mol. The van der Waals surface area contributed by atoms with Crippen LogP contribution in [-0.2, 0) is 13.1 Å². The van der Waals surface area contributed by atoms with E-state index in [2.05, 4.69) is 21.3 Å². The second kappa shape index (κ2) is 11.0. The molecular formula is C30H24F2N4S2. The number of para-hydroxylation sites is 4. The number of imidazole rings is 2. The summed E-state index contributed by atoms with van der Waals surface area (Å²) in [5.41, 5.74) is 6.08. The van der Waals surface area contributed by atoms with Crippen molar-refractivity contribution < 1.29 is 8.78 Å². The van der Waals surface area contributed by atoms with E-state index in [4.69, 9.17) is 9.97 Å². The molecule has 0 radical (unpaired) electrons. The summed E-state index contributed by atoms with van der Waals surface area (Å²) >= 11 is 3.42. The zero-order valence-electron chi connectivity index (χ0n) is 20.4. The Bertz CT molecular complexity index is 1560. The molecule has 6 rings (SSSR count). The Kier molecular flexibility index (Phi) is 7.16. The van der Waals surface area contributed by atoms with Gasteiger partial charge >= 0.3 is 0 Å². The van der Waals surface area contributed by atoms with E-state index in [1.165, 1.54) is 24.3 Å². The van der Waals surface area contributed by atoms with Gasteiger partial charge in [-0.1, -0.05) is 72.1 Å². The Hall–Kier alpha value is -3.62. The topological polar surface area (TPSA) is 35.6 Å². The summed E-state index contributed by atoms with van der Waals surface area (Å²) < 4.78 is 31.3. The van der Waals surface area contributed by atoms with Crippen LogP contribution in [-0.4, -0.2) is 30.6 Å².